The molecule has 78 valence electrons. The fourth-order valence-corrected chi connectivity index (χ4v) is 1.06. The van der Waals surface area contributed by atoms with Gasteiger partial charge in [0.05, 0.1) is 11.8 Å². The zero-order valence-electron chi connectivity index (χ0n) is 8.34. The Kier molecular flexibility index (Phi) is 3.75. The lowest BCUT2D eigenvalue weighted by atomic mass is 9.97. The van der Waals surface area contributed by atoms with E-state index < -0.39 is 0 Å². The number of hydrogen-bond donors (Lipinski definition) is 1. The van der Waals surface area contributed by atoms with Crippen molar-refractivity contribution in [1.29, 1.82) is 0 Å². The quantitative estimate of drug-likeness (QED) is 0.845. The summed E-state index contributed by atoms with van der Waals surface area (Å²) in [4.78, 5) is 11.5. The summed E-state index contributed by atoms with van der Waals surface area (Å²) in [6, 6.07) is 1.65. The van der Waals surface area contributed by atoms with E-state index in [1.807, 2.05) is 0 Å². The molecule has 1 rings (SSSR count). The fraction of sp³-hybridized carbons (Fsp3) is 0.500. The number of carbonyl (C=O) groups is 1. The van der Waals surface area contributed by atoms with Crippen LogP contribution in [0.15, 0.2) is 23.0 Å². The van der Waals surface area contributed by atoms with Gasteiger partial charge in [0.1, 0.15) is 6.26 Å². The first-order valence-corrected chi connectivity index (χ1v) is 5.54. The zero-order chi connectivity index (χ0) is 10.6. The molecule has 0 aliphatic carbocycles. The summed E-state index contributed by atoms with van der Waals surface area (Å²) in [5.41, 5.74) is 0.634. The van der Waals surface area contributed by atoms with Crippen LogP contribution >= 0.6 is 15.9 Å². The third-order valence-electron chi connectivity index (χ3n) is 1.87. The van der Waals surface area contributed by atoms with Crippen LogP contribution in [0.3, 0.4) is 0 Å². The second-order valence-electron chi connectivity index (χ2n) is 3.99. The third kappa shape index (κ3) is 3.18. The highest BCUT2D eigenvalue weighted by Crippen LogP contribution is 2.16. The van der Waals surface area contributed by atoms with Crippen molar-refractivity contribution in [2.24, 2.45) is 5.41 Å². The summed E-state index contributed by atoms with van der Waals surface area (Å²) >= 11 is 3.40. The Morgan fingerprint density at radius 3 is 2.86 bits per heavy atom. The molecular formula is C10H14BrNO2. The van der Waals surface area contributed by atoms with Crippen LogP contribution in [0, 0.1) is 5.41 Å². The maximum atomic E-state index is 11.5. The SMILES string of the molecule is CC(C)(CBr)CNC(=O)c1ccoc1. The molecule has 14 heavy (non-hydrogen) atoms. The van der Waals surface area contributed by atoms with Crippen molar-refractivity contribution in [3.63, 3.8) is 0 Å². The highest BCUT2D eigenvalue weighted by atomic mass is 79.9. The largest absolute Gasteiger partial charge is 0.472 e. The lowest BCUT2D eigenvalue weighted by Gasteiger charge is -2.21. The second kappa shape index (κ2) is 4.64. The number of alkyl halides is 1. The summed E-state index contributed by atoms with van der Waals surface area (Å²) < 4.78 is 4.82. The smallest absolute Gasteiger partial charge is 0.254 e. The first kappa shape index (κ1) is 11.3. The second-order valence-corrected chi connectivity index (χ2v) is 4.55. The molecule has 1 N–H and O–H groups in total. The van der Waals surface area contributed by atoms with Crippen molar-refractivity contribution >= 4 is 21.8 Å². The van der Waals surface area contributed by atoms with Crippen molar-refractivity contribution in [3.8, 4) is 0 Å². The third-order valence-corrected chi connectivity index (χ3v) is 3.39. The topological polar surface area (TPSA) is 42.2 Å². The minimum Gasteiger partial charge on any atom is -0.472 e. The highest BCUT2D eigenvalue weighted by molar-refractivity contribution is 9.09. The molecule has 0 spiro atoms. The molecule has 0 fully saturated rings. The van der Waals surface area contributed by atoms with Gasteiger partial charge in [0.15, 0.2) is 0 Å². The van der Waals surface area contributed by atoms with Crippen molar-refractivity contribution in [2.45, 2.75) is 13.8 Å². The molecule has 0 aliphatic rings. The van der Waals surface area contributed by atoms with E-state index in [0.29, 0.717) is 12.1 Å². The van der Waals surface area contributed by atoms with Gasteiger partial charge in [0.2, 0.25) is 0 Å². The van der Waals surface area contributed by atoms with Gasteiger partial charge in [-0.3, -0.25) is 4.79 Å². The van der Waals surface area contributed by atoms with E-state index in [1.165, 1.54) is 12.5 Å². The number of nitrogens with one attached hydrogen (secondary N) is 1. The van der Waals surface area contributed by atoms with Gasteiger partial charge in [-0.05, 0) is 11.5 Å². The van der Waals surface area contributed by atoms with Gasteiger partial charge in [0, 0.05) is 11.9 Å². The van der Waals surface area contributed by atoms with Crippen molar-refractivity contribution in [2.75, 3.05) is 11.9 Å². The van der Waals surface area contributed by atoms with Crippen LogP contribution < -0.4 is 5.32 Å². The van der Waals surface area contributed by atoms with Gasteiger partial charge >= 0.3 is 0 Å². The number of amides is 1. The molecular weight excluding hydrogens is 246 g/mol. The molecule has 1 aromatic heterocycles. The van der Waals surface area contributed by atoms with E-state index in [2.05, 4.69) is 35.1 Å². The Bertz CT molecular complexity index is 293. The Hall–Kier alpha value is -0.770. The molecule has 0 aliphatic heterocycles. The van der Waals surface area contributed by atoms with Crippen molar-refractivity contribution < 1.29 is 9.21 Å². The molecule has 0 atom stereocenters. The molecule has 1 amide bonds. The van der Waals surface area contributed by atoms with E-state index in [1.54, 1.807) is 6.07 Å². The fourth-order valence-electron chi connectivity index (χ4n) is 0.863. The summed E-state index contributed by atoms with van der Waals surface area (Å²) in [5.74, 6) is -0.0900. The van der Waals surface area contributed by atoms with Gasteiger partial charge in [-0.1, -0.05) is 29.8 Å². The molecule has 3 nitrogen and oxygen atoms in total. The molecule has 0 saturated heterocycles. The lowest BCUT2D eigenvalue weighted by molar-refractivity contribution is 0.0939. The van der Waals surface area contributed by atoms with Crippen LogP contribution in [0.2, 0.25) is 0 Å². The summed E-state index contributed by atoms with van der Waals surface area (Å²) in [7, 11) is 0. The number of hydrogen-bond acceptors (Lipinski definition) is 2. The Morgan fingerprint density at radius 1 is 1.64 bits per heavy atom. The molecule has 1 aromatic rings. The predicted molar refractivity (Wildman–Crippen MR) is 58.6 cm³/mol. The minimum atomic E-state index is -0.0900. The number of rotatable bonds is 4. The Balaban J connectivity index is 2.43. The summed E-state index contributed by atoms with van der Waals surface area (Å²) in [5, 5.41) is 3.70. The number of carbonyl (C=O) groups excluding carboxylic acids is 1. The zero-order valence-corrected chi connectivity index (χ0v) is 9.93. The molecule has 0 unspecified atom stereocenters. The normalized spacial score (nSPS) is 11.4. The van der Waals surface area contributed by atoms with Crippen LogP contribution in [0.4, 0.5) is 0 Å². The highest BCUT2D eigenvalue weighted by Gasteiger charge is 2.17. The summed E-state index contributed by atoms with van der Waals surface area (Å²) in [6.45, 7) is 4.80. The van der Waals surface area contributed by atoms with E-state index in [4.69, 9.17) is 4.42 Å². The van der Waals surface area contributed by atoms with Gasteiger partial charge in [0.25, 0.3) is 5.91 Å². The first-order valence-electron chi connectivity index (χ1n) is 4.41. The van der Waals surface area contributed by atoms with E-state index in [0.717, 1.165) is 5.33 Å². The average Bonchev–Trinajstić information content (AvgIpc) is 2.67. The molecule has 4 heteroatoms. The van der Waals surface area contributed by atoms with E-state index >= 15 is 0 Å². The van der Waals surface area contributed by atoms with Crippen LogP contribution in [0.25, 0.3) is 0 Å². The van der Waals surface area contributed by atoms with Crippen molar-refractivity contribution in [3.05, 3.63) is 24.2 Å². The van der Waals surface area contributed by atoms with Crippen LogP contribution in [0.5, 0.6) is 0 Å². The van der Waals surface area contributed by atoms with Crippen LogP contribution in [0.1, 0.15) is 24.2 Å². The predicted octanol–water partition coefficient (Wildman–Crippen LogP) is 2.43. The maximum Gasteiger partial charge on any atom is 0.254 e. The Labute approximate surface area is 92.0 Å². The molecule has 1 heterocycles. The lowest BCUT2D eigenvalue weighted by Crippen LogP contribution is -2.34. The standard InChI is InChI=1S/C10H14BrNO2/c1-10(2,6-11)7-12-9(13)8-3-4-14-5-8/h3-5H,6-7H2,1-2H3,(H,12,13). The maximum absolute atomic E-state index is 11.5. The monoisotopic (exact) mass is 259 g/mol. The average molecular weight is 260 g/mol. The van der Waals surface area contributed by atoms with Crippen LogP contribution in [-0.2, 0) is 0 Å². The molecule has 0 aromatic carbocycles. The van der Waals surface area contributed by atoms with Crippen LogP contribution in [-0.4, -0.2) is 17.8 Å². The first-order chi connectivity index (χ1) is 6.55. The van der Waals surface area contributed by atoms with Crippen molar-refractivity contribution in [1.82, 2.24) is 5.32 Å². The summed E-state index contributed by atoms with van der Waals surface area (Å²) in [6.07, 6.45) is 2.93. The molecule has 0 bridgehead atoms. The van der Waals surface area contributed by atoms with Gasteiger partial charge in [-0.25, -0.2) is 0 Å². The van der Waals surface area contributed by atoms with Gasteiger partial charge < -0.3 is 9.73 Å². The van der Waals surface area contributed by atoms with Gasteiger partial charge in [-0.2, -0.15) is 0 Å². The van der Waals surface area contributed by atoms with E-state index in [-0.39, 0.29) is 11.3 Å². The molecule has 0 radical (unpaired) electrons. The van der Waals surface area contributed by atoms with E-state index in [9.17, 15) is 4.79 Å². The number of furan rings is 1. The Morgan fingerprint density at radius 2 is 2.36 bits per heavy atom. The number of halogens is 1. The van der Waals surface area contributed by atoms with Gasteiger partial charge in [-0.15, -0.1) is 0 Å². The minimum absolute atomic E-state index is 0.0688. The molecule has 0 saturated carbocycles.